The van der Waals surface area contributed by atoms with Crippen molar-refractivity contribution in [3.8, 4) is 5.75 Å². The number of hydrogen-bond acceptors (Lipinski definition) is 3. The fraction of sp³-hybridized carbons (Fsp3) is 0.462. The molecule has 0 aromatic heterocycles. The SMILES string of the molecule is CC[NH+]1CSC(=S)N(Cc2ccc(OC)cc2)C1. The molecule has 1 saturated heterocycles. The maximum absolute atomic E-state index is 5.43. The lowest BCUT2D eigenvalue weighted by molar-refractivity contribution is -0.895. The maximum atomic E-state index is 5.43. The Morgan fingerprint density at radius 2 is 2.11 bits per heavy atom. The lowest BCUT2D eigenvalue weighted by atomic mass is 10.2. The van der Waals surface area contributed by atoms with Gasteiger partial charge in [-0.25, -0.2) is 0 Å². The largest absolute Gasteiger partial charge is 0.497 e. The normalized spacial score (nSPS) is 20.0. The third-order valence-electron chi connectivity index (χ3n) is 3.10. The zero-order valence-electron chi connectivity index (χ0n) is 10.8. The molecule has 1 aliphatic heterocycles. The molecule has 1 aromatic rings. The number of nitrogens with one attached hydrogen (secondary N) is 1. The summed E-state index contributed by atoms with van der Waals surface area (Å²) in [6.45, 7) is 5.26. The van der Waals surface area contributed by atoms with Crippen molar-refractivity contribution in [2.24, 2.45) is 0 Å². The van der Waals surface area contributed by atoms with Gasteiger partial charge in [0.15, 0.2) is 6.67 Å². The molecule has 3 nitrogen and oxygen atoms in total. The summed E-state index contributed by atoms with van der Waals surface area (Å²) in [5.74, 6) is 1.99. The molecule has 0 bridgehead atoms. The second-order valence-corrected chi connectivity index (χ2v) is 5.97. The molecular weight excluding hydrogens is 264 g/mol. The summed E-state index contributed by atoms with van der Waals surface area (Å²) in [6.07, 6.45) is 0. The van der Waals surface area contributed by atoms with E-state index in [0.717, 1.165) is 35.7 Å². The van der Waals surface area contributed by atoms with Gasteiger partial charge in [-0.3, -0.25) is 0 Å². The second kappa shape index (κ2) is 6.41. The standard InChI is InChI=1S/C13H18N2OS2/c1-3-14-9-15(13(17)18-10-14)8-11-4-6-12(16-2)7-5-11/h4-7H,3,8-10H2,1-2H3/p+1. The van der Waals surface area contributed by atoms with Crippen LogP contribution in [-0.2, 0) is 6.54 Å². The van der Waals surface area contributed by atoms with E-state index in [-0.39, 0.29) is 0 Å². The Labute approximate surface area is 118 Å². The summed E-state index contributed by atoms with van der Waals surface area (Å²) in [5.41, 5.74) is 1.27. The average Bonchev–Trinajstić information content (AvgIpc) is 2.42. The predicted molar refractivity (Wildman–Crippen MR) is 80.0 cm³/mol. The van der Waals surface area contributed by atoms with E-state index in [1.54, 1.807) is 23.8 Å². The number of thiocarbonyl (C=S) groups is 1. The van der Waals surface area contributed by atoms with E-state index in [0.29, 0.717) is 0 Å². The van der Waals surface area contributed by atoms with E-state index < -0.39 is 0 Å². The fourth-order valence-corrected chi connectivity index (χ4v) is 3.16. The van der Waals surface area contributed by atoms with Crippen molar-refractivity contribution in [3.05, 3.63) is 29.8 Å². The molecule has 1 unspecified atom stereocenters. The molecule has 1 N–H and O–H groups in total. The Hall–Kier alpha value is -0.780. The van der Waals surface area contributed by atoms with Crippen LogP contribution in [0.15, 0.2) is 24.3 Å². The van der Waals surface area contributed by atoms with Gasteiger partial charge in [0.05, 0.1) is 13.7 Å². The van der Waals surface area contributed by atoms with Crippen LogP contribution in [-0.4, -0.2) is 35.4 Å². The lowest BCUT2D eigenvalue weighted by Crippen LogP contribution is -3.14. The highest BCUT2D eigenvalue weighted by molar-refractivity contribution is 8.22. The van der Waals surface area contributed by atoms with Crippen LogP contribution in [0.5, 0.6) is 5.75 Å². The van der Waals surface area contributed by atoms with Crippen LogP contribution in [0, 0.1) is 0 Å². The third kappa shape index (κ3) is 3.37. The third-order valence-corrected chi connectivity index (χ3v) is 4.77. The van der Waals surface area contributed by atoms with Crippen LogP contribution in [0.1, 0.15) is 12.5 Å². The summed E-state index contributed by atoms with van der Waals surface area (Å²) in [6, 6.07) is 8.21. The van der Waals surface area contributed by atoms with E-state index in [9.17, 15) is 0 Å². The Morgan fingerprint density at radius 3 is 2.72 bits per heavy atom. The number of ether oxygens (including phenoxy) is 1. The van der Waals surface area contributed by atoms with Gasteiger partial charge >= 0.3 is 0 Å². The number of quaternary nitrogens is 1. The highest BCUT2D eigenvalue weighted by Crippen LogP contribution is 2.16. The molecule has 1 fully saturated rings. The molecule has 1 aromatic carbocycles. The Bertz CT molecular complexity index is 408. The molecule has 0 saturated carbocycles. The fourth-order valence-electron chi connectivity index (χ4n) is 1.92. The minimum Gasteiger partial charge on any atom is -0.497 e. The van der Waals surface area contributed by atoms with Gasteiger partial charge in [0, 0.05) is 6.54 Å². The van der Waals surface area contributed by atoms with Gasteiger partial charge in [0.2, 0.25) is 0 Å². The van der Waals surface area contributed by atoms with Gasteiger partial charge in [0.1, 0.15) is 15.9 Å². The van der Waals surface area contributed by atoms with E-state index in [4.69, 9.17) is 17.0 Å². The molecule has 1 aliphatic rings. The molecule has 0 aliphatic carbocycles. The first-order valence-corrected chi connectivity index (χ1v) is 7.50. The van der Waals surface area contributed by atoms with Crippen LogP contribution in [0.3, 0.4) is 0 Å². The minimum atomic E-state index is 0.888. The van der Waals surface area contributed by atoms with Crippen LogP contribution >= 0.6 is 24.0 Å². The molecule has 1 heterocycles. The van der Waals surface area contributed by atoms with Gasteiger partial charge in [-0.15, -0.1) is 0 Å². The van der Waals surface area contributed by atoms with E-state index in [1.165, 1.54) is 5.56 Å². The van der Waals surface area contributed by atoms with E-state index in [2.05, 4.69) is 24.0 Å². The first-order chi connectivity index (χ1) is 8.72. The average molecular weight is 283 g/mol. The minimum absolute atomic E-state index is 0.888. The van der Waals surface area contributed by atoms with Gasteiger partial charge in [0.25, 0.3) is 0 Å². The van der Waals surface area contributed by atoms with Crippen LogP contribution in [0.4, 0.5) is 0 Å². The number of nitrogens with zero attached hydrogens (tertiary/aromatic N) is 1. The van der Waals surface area contributed by atoms with Gasteiger partial charge < -0.3 is 14.5 Å². The van der Waals surface area contributed by atoms with Crippen LogP contribution in [0.25, 0.3) is 0 Å². The van der Waals surface area contributed by atoms with E-state index in [1.807, 2.05) is 12.1 Å². The van der Waals surface area contributed by atoms with E-state index >= 15 is 0 Å². The first kappa shape index (κ1) is 13.6. The summed E-state index contributed by atoms with van der Waals surface area (Å²) >= 11 is 7.21. The zero-order chi connectivity index (χ0) is 13.0. The topological polar surface area (TPSA) is 16.9 Å². The Morgan fingerprint density at radius 1 is 1.39 bits per heavy atom. The van der Waals surface area contributed by atoms with Crippen molar-refractivity contribution >= 4 is 28.3 Å². The number of methoxy groups -OCH3 is 1. The number of hydrogen-bond donors (Lipinski definition) is 1. The number of thioether (sulfide) groups is 1. The molecule has 98 valence electrons. The van der Waals surface area contributed by atoms with Crippen molar-refractivity contribution in [3.63, 3.8) is 0 Å². The van der Waals surface area contributed by atoms with Crippen molar-refractivity contribution < 1.29 is 9.64 Å². The molecule has 0 amide bonds. The van der Waals surface area contributed by atoms with Crippen molar-refractivity contribution in [1.29, 1.82) is 0 Å². The van der Waals surface area contributed by atoms with Gasteiger partial charge in [-0.05, 0) is 36.4 Å². The number of rotatable bonds is 4. The summed E-state index contributed by atoms with van der Waals surface area (Å²) in [5, 5.41) is 0. The van der Waals surface area contributed by atoms with Crippen LogP contribution < -0.4 is 9.64 Å². The molecule has 0 radical (unpaired) electrons. The first-order valence-electron chi connectivity index (χ1n) is 6.11. The van der Waals surface area contributed by atoms with Crippen molar-refractivity contribution in [1.82, 2.24) is 4.90 Å². The maximum Gasteiger partial charge on any atom is 0.154 e. The second-order valence-electron chi connectivity index (χ2n) is 4.36. The summed E-state index contributed by atoms with van der Waals surface area (Å²) in [7, 11) is 1.69. The Balaban J connectivity index is 2.00. The highest BCUT2D eigenvalue weighted by Gasteiger charge is 2.23. The molecule has 5 heteroatoms. The quantitative estimate of drug-likeness (QED) is 0.840. The number of benzene rings is 1. The molecule has 2 rings (SSSR count). The van der Waals surface area contributed by atoms with Crippen LogP contribution in [0.2, 0.25) is 0 Å². The van der Waals surface area contributed by atoms with Gasteiger partial charge in [-0.2, -0.15) is 0 Å². The molecule has 18 heavy (non-hydrogen) atoms. The summed E-state index contributed by atoms with van der Waals surface area (Å²) < 4.78 is 6.18. The lowest BCUT2D eigenvalue weighted by Gasteiger charge is -2.33. The van der Waals surface area contributed by atoms with Crippen molar-refractivity contribution in [2.75, 3.05) is 26.2 Å². The van der Waals surface area contributed by atoms with Gasteiger partial charge in [-0.1, -0.05) is 24.4 Å². The Kier molecular flexibility index (Phi) is 4.86. The highest BCUT2D eigenvalue weighted by atomic mass is 32.2. The molecular formula is C13H19N2OS2+. The van der Waals surface area contributed by atoms with Crippen molar-refractivity contribution in [2.45, 2.75) is 13.5 Å². The molecule has 1 atom stereocenters. The molecule has 0 spiro atoms. The summed E-state index contributed by atoms with van der Waals surface area (Å²) in [4.78, 5) is 3.85. The smallest absolute Gasteiger partial charge is 0.154 e. The monoisotopic (exact) mass is 283 g/mol. The predicted octanol–water partition coefficient (Wildman–Crippen LogP) is 1.35. The zero-order valence-corrected chi connectivity index (χ0v) is 12.4.